The van der Waals surface area contributed by atoms with E-state index in [9.17, 15) is 14.4 Å². The Labute approximate surface area is 233 Å². The highest BCUT2D eigenvalue weighted by Gasteiger charge is 2.26. The van der Waals surface area contributed by atoms with Crippen LogP contribution in [0.4, 0.5) is 5.69 Å². The molecule has 4 rings (SSSR count). The maximum atomic E-state index is 13.6. The van der Waals surface area contributed by atoms with E-state index in [1.165, 1.54) is 23.9 Å². The summed E-state index contributed by atoms with van der Waals surface area (Å²) in [5, 5.41) is 3.37. The molecule has 0 fully saturated rings. The smallest absolute Gasteiger partial charge is 0.252 e. The molecular weight excluding hydrogens is 512 g/mol. The first kappa shape index (κ1) is 27.9. The van der Waals surface area contributed by atoms with Gasteiger partial charge < -0.3 is 10.1 Å². The van der Waals surface area contributed by atoms with Crippen LogP contribution in [0.15, 0.2) is 89.9 Å². The molecule has 39 heavy (non-hydrogen) atoms. The van der Waals surface area contributed by atoms with Gasteiger partial charge in [-0.05, 0) is 48.4 Å². The molecule has 1 heterocycles. The van der Waals surface area contributed by atoms with Crippen molar-refractivity contribution >= 4 is 29.0 Å². The van der Waals surface area contributed by atoms with Crippen molar-refractivity contribution < 1.29 is 14.3 Å². The number of Topliss-reactive ketones (excluding diaryl/α,β-unsaturated/α-hetero) is 1. The third-order valence-corrected chi connectivity index (χ3v) is 6.79. The largest absolute Gasteiger partial charge is 0.495 e. The van der Waals surface area contributed by atoms with Gasteiger partial charge in [-0.1, -0.05) is 73.5 Å². The first-order valence-corrected chi connectivity index (χ1v) is 13.1. The van der Waals surface area contributed by atoms with Gasteiger partial charge in [0.2, 0.25) is 5.91 Å². The summed E-state index contributed by atoms with van der Waals surface area (Å²) in [6, 6.07) is 22.5. The van der Waals surface area contributed by atoms with Gasteiger partial charge in [0.15, 0.2) is 5.78 Å². The van der Waals surface area contributed by atoms with E-state index in [0.29, 0.717) is 33.1 Å². The zero-order chi connectivity index (χ0) is 28.1. The Morgan fingerprint density at radius 3 is 2.28 bits per heavy atom. The molecular formula is C32H31ClN2O4. The van der Waals surface area contributed by atoms with Crippen molar-refractivity contribution in [3.8, 4) is 16.9 Å². The van der Waals surface area contributed by atoms with Crippen LogP contribution in [0.1, 0.15) is 41.4 Å². The predicted octanol–water partition coefficient (Wildman–Crippen LogP) is 6.75. The number of hydrogen-bond acceptors (Lipinski definition) is 4. The summed E-state index contributed by atoms with van der Waals surface area (Å²) in [5.74, 6) is -0.321. The lowest BCUT2D eigenvalue weighted by molar-refractivity contribution is -0.119. The highest BCUT2D eigenvalue weighted by molar-refractivity contribution is 6.31. The number of nitrogens with zero attached hydrogens (tertiary/aromatic N) is 1. The van der Waals surface area contributed by atoms with Crippen molar-refractivity contribution in [2.24, 2.45) is 5.92 Å². The lowest BCUT2D eigenvalue weighted by Gasteiger charge is -2.22. The zero-order valence-electron chi connectivity index (χ0n) is 22.4. The van der Waals surface area contributed by atoms with Crippen LogP contribution in [0.5, 0.6) is 5.75 Å². The molecule has 1 atom stereocenters. The van der Waals surface area contributed by atoms with E-state index in [4.69, 9.17) is 16.3 Å². The number of amides is 1. The van der Waals surface area contributed by atoms with E-state index in [0.717, 1.165) is 11.1 Å². The minimum Gasteiger partial charge on any atom is -0.495 e. The predicted molar refractivity (Wildman–Crippen MR) is 156 cm³/mol. The number of pyridine rings is 1. The zero-order valence-corrected chi connectivity index (χ0v) is 23.2. The summed E-state index contributed by atoms with van der Waals surface area (Å²) < 4.78 is 7.08. The Kier molecular flexibility index (Phi) is 8.67. The fourth-order valence-corrected chi connectivity index (χ4v) is 4.60. The Balaban J connectivity index is 1.82. The Bertz CT molecular complexity index is 1540. The third-order valence-electron chi connectivity index (χ3n) is 6.56. The summed E-state index contributed by atoms with van der Waals surface area (Å²) in [5.41, 5.74) is 3.58. The molecule has 0 aliphatic carbocycles. The van der Waals surface area contributed by atoms with Gasteiger partial charge in [-0.3, -0.25) is 19.0 Å². The Morgan fingerprint density at radius 1 is 0.949 bits per heavy atom. The maximum Gasteiger partial charge on any atom is 0.252 e. The van der Waals surface area contributed by atoms with E-state index in [2.05, 4.69) is 5.32 Å². The number of benzene rings is 3. The first-order chi connectivity index (χ1) is 18.7. The molecule has 0 bridgehead atoms. The first-order valence-electron chi connectivity index (χ1n) is 12.7. The monoisotopic (exact) mass is 542 g/mol. The average Bonchev–Trinajstić information content (AvgIpc) is 2.93. The number of aryl methyl sites for hydroxylation is 1. The van der Waals surface area contributed by atoms with Gasteiger partial charge in [-0.25, -0.2) is 0 Å². The van der Waals surface area contributed by atoms with Crippen molar-refractivity contribution in [1.82, 2.24) is 4.57 Å². The summed E-state index contributed by atoms with van der Waals surface area (Å²) in [6.45, 7) is 5.60. The molecule has 1 amide bonds. The van der Waals surface area contributed by atoms with Crippen molar-refractivity contribution in [2.75, 3.05) is 12.4 Å². The van der Waals surface area contributed by atoms with Crippen LogP contribution in [-0.4, -0.2) is 23.4 Å². The topological polar surface area (TPSA) is 77.4 Å². The molecule has 7 heteroatoms. The number of rotatable bonds is 9. The number of halogens is 1. The number of ketones is 1. The van der Waals surface area contributed by atoms with Crippen LogP contribution < -0.4 is 15.6 Å². The van der Waals surface area contributed by atoms with E-state index >= 15 is 0 Å². The van der Waals surface area contributed by atoms with Crippen LogP contribution >= 0.6 is 11.6 Å². The van der Waals surface area contributed by atoms with Gasteiger partial charge in [-0.15, -0.1) is 0 Å². The number of carbonyl (C=O) groups is 2. The second-order valence-corrected chi connectivity index (χ2v) is 10.2. The number of ether oxygens (including phenoxy) is 1. The normalized spacial score (nSPS) is 11.7. The third kappa shape index (κ3) is 6.47. The van der Waals surface area contributed by atoms with E-state index in [1.54, 1.807) is 18.2 Å². The number of hydrogen-bond donors (Lipinski definition) is 1. The van der Waals surface area contributed by atoms with Crippen molar-refractivity contribution in [3.63, 3.8) is 0 Å². The molecule has 0 radical (unpaired) electrons. The maximum absolute atomic E-state index is 13.6. The molecule has 0 aliphatic rings. The molecule has 1 N–H and O–H groups in total. The highest BCUT2D eigenvalue weighted by Crippen LogP contribution is 2.35. The van der Waals surface area contributed by atoms with E-state index in [1.807, 2.05) is 75.4 Å². The number of anilines is 1. The molecule has 200 valence electrons. The summed E-state index contributed by atoms with van der Waals surface area (Å²) >= 11 is 6.30. The number of nitrogens with one attached hydrogen (secondary N) is 1. The molecule has 4 aromatic rings. The van der Waals surface area contributed by atoms with Crippen molar-refractivity contribution in [2.45, 2.75) is 33.2 Å². The highest BCUT2D eigenvalue weighted by atomic mass is 35.5. The van der Waals surface area contributed by atoms with Crippen molar-refractivity contribution in [3.05, 3.63) is 117 Å². The van der Waals surface area contributed by atoms with E-state index < -0.39 is 11.6 Å². The quantitative estimate of drug-likeness (QED) is 0.237. The minimum atomic E-state index is -0.861. The molecule has 0 aliphatic heterocycles. The second-order valence-electron chi connectivity index (χ2n) is 9.77. The molecule has 3 aromatic carbocycles. The van der Waals surface area contributed by atoms with Gasteiger partial charge in [0.25, 0.3) is 5.56 Å². The van der Waals surface area contributed by atoms with Gasteiger partial charge in [0.05, 0.1) is 13.3 Å². The van der Waals surface area contributed by atoms with Gasteiger partial charge in [-0.2, -0.15) is 0 Å². The van der Waals surface area contributed by atoms with Crippen LogP contribution in [-0.2, 0) is 11.2 Å². The molecule has 0 saturated carbocycles. The van der Waals surface area contributed by atoms with Gasteiger partial charge >= 0.3 is 0 Å². The summed E-state index contributed by atoms with van der Waals surface area (Å²) in [4.78, 5) is 40.2. The Hall–Kier alpha value is -4.16. The molecule has 0 saturated heterocycles. The summed E-state index contributed by atoms with van der Waals surface area (Å²) in [6.07, 6.45) is 1.82. The SMILES string of the molecule is COc1cn(C(Cc2ccccc2)C(=O)Nc2ccc(C)cc2)c(=O)cc1-c1cc(Cl)ccc1C(=O)C(C)C. The van der Waals surface area contributed by atoms with Crippen molar-refractivity contribution in [1.29, 1.82) is 0 Å². The number of methoxy groups -OCH3 is 1. The van der Waals surface area contributed by atoms with E-state index in [-0.39, 0.29) is 24.0 Å². The molecule has 6 nitrogen and oxygen atoms in total. The van der Waals surface area contributed by atoms with Crippen LogP contribution in [0.25, 0.3) is 11.1 Å². The number of carbonyl (C=O) groups excluding carboxylic acids is 2. The lowest BCUT2D eigenvalue weighted by Crippen LogP contribution is -2.34. The summed E-state index contributed by atoms with van der Waals surface area (Å²) in [7, 11) is 1.49. The van der Waals surface area contributed by atoms with Gasteiger partial charge in [0.1, 0.15) is 11.8 Å². The molecule has 0 spiro atoms. The van der Waals surface area contributed by atoms with Crippen LogP contribution in [0, 0.1) is 12.8 Å². The standard InChI is InChI=1S/C32H31ClN2O4/c1-20(2)31(37)25-15-12-23(33)17-26(25)27-18-30(36)35(19-29(27)39-4)28(16-22-8-6-5-7-9-22)32(38)34-24-13-10-21(3)11-14-24/h5-15,17-20,28H,16H2,1-4H3,(H,34,38). The lowest BCUT2D eigenvalue weighted by atomic mass is 9.92. The average molecular weight is 543 g/mol. The van der Waals surface area contributed by atoms with Crippen LogP contribution in [0.2, 0.25) is 5.02 Å². The number of aromatic nitrogens is 1. The Morgan fingerprint density at radius 2 is 1.64 bits per heavy atom. The molecule has 1 unspecified atom stereocenters. The fourth-order valence-electron chi connectivity index (χ4n) is 4.43. The molecule has 1 aromatic heterocycles. The second kappa shape index (κ2) is 12.1. The van der Waals surface area contributed by atoms with Crippen LogP contribution in [0.3, 0.4) is 0 Å². The minimum absolute atomic E-state index is 0.0765. The van der Waals surface area contributed by atoms with Gasteiger partial charge in [0, 0.05) is 40.2 Å². The fraction of sp³-hybridized carbons (Fsp3) is 0.219.